The number of ether oxygens (including phenoxy) is 1. The third-order valence-corrected chi connectivity index (χ3v) is 1.57. The molecule has 0 radical (unpaired) electrons. The molecule has 1 fully saturated rings. The van der Waals surface area contributed by atoms with Gasteiger partial charge in [0.1, 0.15) is 24.4 Å². The average Bonchev–Trinajstić information content (AvgIpc) is 2.08. The third kappa shape index (κ3) is 1.69. The van der Waals surface area contributed by atoms with Gasteiger partial charge in [-0.2, -0.15) is 0 Å². The maximum atomic E-state index is 9.18. The van der Waals surface area contributed by atoms with Gasteiger partial charge in [0.2, 0.25) is 0 Å². The van der Waals surface area contributed by atoms with Crippen LogP contribution in [0.25, 0.3) is 0 Å². The predicted molar refractivity (Wildman–Crippen MR) is 34.8 cm³/mol. The summed E-state index contributed by atoms with van der Waals surface area (Å²) in [4.78, 5) is 0. The first-order valence-corrected chi connectivity index (χ1v) is 3.23. The standard InChI is InChI=1S/C6H12O5/c7-1-4-6(10)5(9)3(8)2-11-4/h3-10H,1-2H2/t3-,4+,5+,6+/m0/s1/i2+1D2. The van der Waals surface area contributed by atoms with Gasteiger partial charge in [-0.05, 0) is 0 Å². The van der Waals surface area contributed by atoms with Gasteiger partial charge >= 0.3 is 0 Å². The fraction of sp³-hybridized carbons (Fsp3) is 1.00. The van der Waals surface area contributed by atoms with Gasteiger partial charge in [0, 0.05) is 0 Å². The van der Waals surface area contributed by atoms with Gasteiger partial charge in [0.25, 0.3) is 0 Å². The maximum Gasteiger partial charge on any atom is 0.111 e. The van der Waals surface area contributed by atoms with E-state index in [9.17, 15) is 5.11 Å². The highest BCUT2D eigenvalue weighted by molar-refractivity contribution is 4.85. The van der Waals surface area contributed by atoms with Crippen molar-refractivity contribution in [3.63, 3.8) is 0 Å². The minimum absolute atomic E-state index is 0.621. The van der Waals surface area contributed by atoms with Crippen molar-refractivity contribution < 1.29 is 27.9 Å². The Labute approximate surface area is 66.7 Å². The van der Waals surface area contributed by atoms with Crippen molar-refractivity contribution in [3.05, 3.63) is 0 Å². The Morgan fingerprint density at radius 2 is 2.00 bits per heavy atom. The molecule has 0 unspecified atom stereocenters. The molecule has 0 aromatic rings. The summed E-state index contributed by atoms with van der Waals surface area (Å²) < 4.78 is 18.7. The van der Waals surface area contributed by atoms with Crippen LogP contribution < -0.4 is 0 Å². The Morgan fingerprint density at radius 3 is 2.55 bits per heavy atom. The maximum absolute atomic E-state index is 9.18. The van der Waals surface area contributed by atoms with Gasteiger partial charge in [-0.1, -0.05) is 0 Å². The average molecular weight is 167 g/mol. The van der Waals surface area contributed by atoms with Gasteiger partial charge < -0.3 is 25.2 Å². The zero-order valence-corrected chi connectivity index (χ0v) is 5.71. The summed E-state index contributed by atoms with van der Waals surface area (Å²) in [5, 5.41) is 36.1. The second kappa shape index (κ2) is 3.46. The smallest absolute Gasteiger partial charge is 0.111 e. The van der Waals surface area contributed by atoms with Crippen LogP contribution in [-0.2, 0) is 4.74 Å². The molecule has 4 atom stereocenters. The molecule has 4 N–H and O–H groups in total. The monoisotopic (exact) mass is 167 g/mol. The van der Waals surface area contributed by atoms with Crippen LogP contribution in [0.15, 0.2) is 0 Å². The van der Waals surface area contributed by atoms with Crippen molar-refractivity contribution in [2.24, 2.45) is 0 Å². The van der Waals surface area contributed by atoms with Crippen LogP contribution in [0.4, 0.5) is 0 Å². The number of aliphatic hydroxyl groups is 4. The van der Waals surface area contributed by atoms with E-state index in [2.05, 4.69) is 4.74 Å². The summed E-state index contributed by atoms with van der Waals surface area (Å²) in [6.45, 7) is -3.07. The van der Waals surface area contributed by atoms with Gasteiger partial charge in [-0.15, -0.1) is 0 Å². The fourth-order valence-electron chi connectivity index (χ4n) is 0.848. The Balaban J connectivity index is 2.79. The molecule has 0 aromatic carbocycles. The highest BCUT2D eigenvalue weighted by Crippen LogP contribution is 2.14. The summed E-state index contributed by atoms with van der Waals surface area (Å²) in [7, 11) is 0. The van der Waals surface area contributed by atoms with Crippen molar-refractivity contribution in [2.75, 3.05) is 13.2 Å². The summed E-state index contributed by atoms with van der Waals surface area (Å²) in [6.07, 6.45) is -6.16. The minimum Gasteiger partial charge on any atom is -0.394 e. The molecule has 1 rings (SSSR count). The summed E-state index contributed by atoms with van der Waals surface area (Å²) in [5.41, 5.74) is 0. The van der Waals surface area contributed by atoms with Crippen LogP contribution in [0.2, 0.25) is 0 Å². The molecular weight excluding hydrogens is 153 g/mol. The fourth-order valence-corrected chi connectivity index (χ4v) is 0.848. The number of aliphatic hydroxyl groups excluding tert-OH is 4. The molecule has 0 spiro atoms. The van der Waals surface area contributed by atoms with E-state index in [1.807, 2.05) is 0 Å². The normalized spacial score (nSPS) is 53.1. The Kier molecular flexibility index (Phi) is 1.99. The van der Waals surface area contributed by atoms with Crippen LogP contribution in [0.3, 0.4) is 0 Å². The summed E-state index contributed by atoms with van der Waals surface area (Å²) >= 11 is 0. The van der Waals surface area contributed by atoms with Gasteiger partial charge in [-0.25, -0.2) is 0 Å². The molecule has 11 heavy (non-hydrogen) atoms. The van der Waals surface area contributed by atoms with Crippen LogP contribution in [0.5, 0.6) is 0 Å². The molecule has 0 amide bonds. The molecule has 0 aromatic heterocycles. The molecule has 5 nitrogen and oxygen atoms in total. The molecule has 0 saturated carbocycles. The van der Waals surface area contributed by atoms with Crippen molar-refractivity contribution in [1.29, 1.82) is 0 Å². The second-order valence-corrected chi connectivity index (χ2v) is 2.38. The molecule has 1 saturated heterocycles. The molecule has 1 aliphatic rings. The van der Waals surface area contributed by atoms with E-state index in [1.54, 1.807) is 0 Å². The highest BCUT2D eigenvalue weighted by Gasteiger charge is 2.36. The number of hydrogen-bond acceptors (Lipinski definition) is 5. The van der Waals surface area contributed by atoms with Crippen molar-refractivity contribution in [1.82, 2.24) is 0 Å². The molecule has 0 bridgehead atoms. The van der Waals surface area contributed by atoms with E-state index in [0.29, 0.717) is 0 Å². The lowest BCUT2D eigenvalue weighted by molar-refractivity contribution is -0.195. The summed E-state index contributed by atoms with van der Waals surface area (Å²) in [6, 6.07) is 0. The lowest BCUT2D eigenvalue weighted by Crippen LogP contribution is -2.53. The van der Waals surface area contributed by atoms with Crippen LogP contribution in [0, 0.1) is 0 Å². The van der Waals surface area contributed by atoms with Crippen molar-refractivity contribution >= 4 is 0 Å². The summed E-state index contributed by atoms with van der Waals surface area (Å²) in [5.74, 6) is 0. The lowest BCUT2D eigenvalue weighted by Gasteiger charge is -2.34. The van der Waals surface area contributed by atoms with E-state index < -0.39 is 37.6 Å². The van der Waals surface area contributed by atoms with E-state index in [0.717, 1.165) is 0 Å². The van der Waals surface area contributed by atoms with E-state index in [1.165, 1.54) is 0 Å². The van der Waals surface area contributed by atoms with E-state index in [4.69, 9.17) is 18.1 Å². The SMILES string of the molecule is [2H][13C]1([2H])O[C@H](CO)[C@@H](O)[C@H](O)[C@H]1O. The molecule has 5 heteroatoms. The first kappa shape index (κ1) is 6.33. The van der Waals surface area contributed by atoms with E-state index >= 15 is 0 Å². The first-order chi connectivity index (χ1) is 5.90. The van der Waals surface area contributed by atoms with Crippen LogP contribution >= 0.6 is 0 Å². The third-order valence-electron chi connectivity index (χ3n) is 1.57. The quantitative estimate of drug-likeness (QED) is 0.323. The second-order valence-electron chi connectivity index (χ2n) is 2.38. The lowest BCUT2D eigenvalue weighted by atomic mass is 10.1. The number of hydrogen-bond donors (Lipinski definition) is 4. The van der Waals surface area contributed by atoms with E-state index in [-0.39, 0.29) is 0 Å². The molecule has 1 heterocycles. The molecule has 0 aliphatic carbocycles. The van der Waals surface area contributed by atoms with Gasteiger partial charge in [-0.3, -0.25) is 0 Å². The molecular formula is C6H12O5. The highest BCUT2D eigenvalue weighted by atomic mass is 16.6. The van der Waals surface area contributed by atoms with Crippen LogP contribution in [-0.4, -0.2) is 58.0 Å². The molecule has 1 aliphatic heterocycles. The number of rotatable bonds is 1. The Bertz CT molecular complexity index is 186. The minimum atomic E-state index is -2.45. The topological polar surface area (TPSA) is 90.2 Å². The predicted octanol–water partition coefficient (Wildman–Crippen LogP) is -2.54. The van der Waals surface area contributed by atoms with Crippen molar-refractivity contribution in [2.45, 2.75) is 24.4 Å². The molecule has 66 valence electrons. The Hall–Kier alpha value is -0.200. The van der Waals surface area contributed by atoms with Crippen LogP contribution in [0.1, 0.15) is 2.74 Å². The van der Waals surface area contributed by atoms with Gasteiger partial charge in [0.15, 0.2) is 0 Å². The van der Waals surface area contributed by atoms with Gasteiger partial charge in [0.05, 0.1) is 15.9 Å². The zero-order valence-electron chi connectivity index (χ0n) is 7.71. The largest absolute Gasteiger partial charge is 0.394 e. The van der Waals surface area contributed by atoms with Crippen molar-refractivity contribution in [3.8, 4) is 0 Å². The first-order valence-electron chi connectivity index (χ1n) is 4.23. The zero-order chi connectivity index (χ0) is 10.2. The Morgan fingerprint density at radius 1 is 1.36 bits per heavy atom.